The average Bonchev–Trinajstić information content (AvgIpc) is 2.58. The van der Waals surface area contributed by atoms with Crippen molar-refractivity contribution in [3.05, 3.63) is 47.8 Å². The molecule has 1 aliphatic rings. The molecule has 1 unspecified atom stereocenters. The number of nitrogens with one attached hydrogen (secondary N) is 1. The third kappa shape index (κ3) is 3.67. The number of ether oxygens (including phenoxy) is 1. The van der Waals surface area contributed by atoms with Crippen molar-refractivity contribution in [1.29, 1.82) is 0 Å². The summed E-state index contributed by atoms with van der Waals surface area (Å²) in [5, 5.41) is 11.1. The van der Waals surface area contributed by atoms with E-state index in [1.807, 2.05) is 0 Å². The number of carbonyl (C=O) groups is 1. The van der Waals surface area contributed by atoms with Crippen LogP contribution in [0.15, 0.2) is 36.5 Å². The maximum Gasteiger partial charge on any atom is 0.433 e. The van der Waals surface area contributed by atoms with Gasteiger partial charge in [0.1, 0.15) is 11.4 Å². The van der Waals surface area contributed by atoms with E-state index in [-0.39, 0.29) is 12.5 Å². The van der Waals surface area contributed by atoms with Crippen molar-refractivity contribution in [2.24, 2.45) is 0 Å². The molecule has 25 heavy (non-hydrogen) atoms. The minimum Gasteiger partial charge on any atom is -0.493 e. The molecule has 2 heterocycles. The quantitative estimate of drug-likeness (QED) is 0.879. The molecule has 5 nitrogen and oxygen atoms in total. The number of hydrogen-bond acceptors (Lipinski definition) is 3. The van der Waals surface area contributed by atoms with Crippen molar-refractivity contribution in [3.63, 3.8) is 0 Å². The van der Waals surface area contributed by atoms with Crippen LogP contribution < -0.4 is 10.1 Å². The van der Waals surface area contributed by atoms with Crippen LogP contribution in [0.4, 0.5) is 18.0 Å². The third-order valence-electron chi connectivity index (χ3n) is 4.06. The number of alkyl halides is 3. The van der Waals surface area contributed by atoms with Crippen molar-refractivity contribution in [1.82, 2.24) is 10.3 Å². The molecule has 0 saturated heterocycles. The van der Waals surface area contributed by atoms with Gasteiger partial charge in [0, 0.05) is 24.2 Å². The summed E-state index contributed by atoms with van der Waals surface area (Å²) in [4.78, 5) is 14.1. The van der Waals surface area contributed by atoms with E-state index in [1.54, 1.807) is 18.2 Å². The molecule has 2 aromatic rings. The highest BCUT2D eigenvalue weighted by molar-refractivity contribution is 5.73. The highest BCUT2D eigenvalue weighted by Crippen LogP contribution is 2.41. The lowest BCUT2D eigenvalue weighted by molar-refractivity contribution is -0.141. The Hall–Kier alpha value is -2.77. The Morgan fingerprint density at radius 3 is 2.88 bits per heavy atom. The molecule has 0 radical (unpaired) electrons. The molecular formula is C17H15F3N2O3. The normalized spacial score (nSPS) is 16.7. The highest BCUT2D eigenvalue weighted by Gasteiger charge is 2.33. The van der Waals surface area contributed by atoms with Gasteiger partial charge in [0.25, 0.3) is 0 Å². The van der Waals surface area contributed by atoms with Crippen LogP contribution >= 0.6 is 0 Å². The van der Waals surface area contributed by atoms with E-state index in [4.69, 9.17) is 9.84 Å². The summed E-state index contributed by atoms with van der Waals surface area (Å²) < 4.78 is 44.4. The predicted molar refractivity (Wildman–Crippen MR) is 83.6 cm³/mol. The number of aromatic nitrogens is 1. The largest absolute Gasteiger partial charge is 0.493 e. The van der Waals surface area contributed by atoms with E-state index in [2.05, 4.69) is 10.3 Å². The van der Waals surface area contributed by atoms with Crippen LogP contribution in [-0.2, 0) is 6.18 Å². The first-order valence-electron chi connectivity index (χ1n) is 7.62. The summed E-state index contributed by atoms with van der Waals surface area (Å²) in [5.74, 6) is 0.397. The van der Waals surface area contributed by atoms with Gasteiger partial charge in [0.15, 0.2) is 0 Å². The van der Waals surface area contributed by atoms with Gasteiger partial charge in [0.05, 0.1) is 6.61 Å². The molecule has 1 atom stereocenters. The predicted octanol–water partition coefficient (Wildman–Crippen LogP) is 3.90. The SMILES string of the molecule is O=C(O)NCC1CCOc2c(-c3ccnc(C(F)(F)F)c3)cccc21. The van der Waals surface area contributed by atoms with Crippen LogP contribution in [0, 0.1) is 0 Å². The number of hydrogen-bond donors (Lipinski definition) is 2. The Labute approximate surface area is 141 Å². The summed E-state index contributed by atoms with van der Waals surface area (Å²) in [7, 11) is 0. The number of carboxylic acid groups (broad SMARTS) is 1. The topological polar surface area (TPSA) is 71.5 Å². The molecule has 1 aromatic heterocycles. The molecule has 0 bridgehead atoms. The first-order chi connectivity index (χ1) is 11.9. The maximum absolute atomic E-state index is 12.9. The summed E-state index contributed by atoms with van der Waals surface area (Å²) in [6, 6.07) is 7.69. The molecule has 3 rings (SSSR count). The molecule has 2 N–H and O–H groups in total. The second-order valence-electron chi connectivity index (χ2n) is 5.67. The van der Waals surface area contributed by atoms with Gasteiger partial charge in [-0.15, -0.1) is 0 Å². The van der Waals surface area contributed by atoms with Crippen molar-refractivity contribution < 1.29 is 27.8 Å². The average molecular weight is 352 g/mol. The highest BCUT2D eigenvalue weighted by atomic mass is 19.4. The number of nitrogens with zero attached hydrogens (tertiary/aromatic N) is 1. The number of halogens is 3. The fraction of sp³-hybridized carbons (Fsp3) is 0.294. The molecule has 1 aromatic carbocycles. The summed E-state index contributed by atoms with van der Waals surface area (Å²) >= 11 is 0. The van der Waals surface area contributed by atoms with E-state index >= 15 is 0 Å². The second-order valence-corrected chi connectivity index (χ2v) is 5.67. The molecule has 8 heteroatoms. The Balaban J connectivity index is 1.99. The number of fused-ring (bicyclic) bond motifs is 1. The van der Waals surface area contributed by atoms with Gasteiger partial charge in [-0.3, -0.25) is 4.98 Å². The zero-order valence-corrected chi connectivity index (χ0v) is 13.0. The number of pyridine rings is 1. The lowest BCUT2D eigenvalue weighted by Gasteiger charge is -2.27. The number of benzene rings is 1. The molecule has 0 aliphatic carbocycles. The monoisotopic (exact) mass is 352 g/mol. The Morgan fingerprint density at radius 1 is 1.36 bits per heavy atom. The van der Waals surface area contributed by atoms with E-state index in [1.165, 1.54) is 6.07 Å². The smallest absolute Gasteiger partial charge is 0.433 e. The van der Waals surface area contributed by atoms with Crippen molar-refractivity contribution in [2.45, 2.75) is 18.5 Å². The van der Waals surface area contributed by atoms with Gasteiger partial charge in [-0.25, -0.2) is 4.79 Å². The maximum atomic E-state index is 12.9. The molecule has 1 aliphatic heterocycles. The van der Waals surface area contributed by atoms with Gasteiger partial charge in [-0.1, -0.05) is 18.2 Å². The first kappa shape index (κ1) is 17.1. The lowest BCUT2D eigenvalue weighted by atomic mass is 9.89. The van der Waals surface area contributed by atoms with Crippen molar-refractivity contribution in [3.8, 4) is 16.9 Å². The fourth-order valence-corrected chi connectivity index (χ4v) is 2.90. The fourth-order valence-electron chi connectivity index (χ4n) is 2.90. The lowest BCUT2D eigenvalue weighted by Crippen LogP contribution is -2.29. The minimum absolute atomic E-state index is 0.0938. The summed E-state index contributed by atoms with van der Waals surface area (Å²) in [6.45, 7) is 0.590. The van der Waals surface area contributed by atoms with E-state index in [0.717, 1.165) is 17.8 Å². The zero-order valence-electron chi connectivity index (χ0n) is 13.0. The second kappa shape index (κ2) is 6.62. The summed E-state index contributed by atoms with van der Waals surface area (Å²) in [6.07, 6.45) is -3.90. The van der Waals surface area contributed by atoms with E-state index in [0.29, 0.717) is 29.9 Å². The molecule has 1 amide bonds. The molecule has 0 fully saturated rings. The zero-order chi connectivity index (χ0) is 18.0. The van der Waals surface area contributed by atoms with Gasteiger partial charge >= 0.3 is 12.3 Å². The van der Waals surface area contributed by atoms with Gasteiger partial charge < -0.3 is 15.2 Å². The number of amides is 1. The van der Waals surface area contributed by atoms with Crippen LogP contribution in [0.5, 0.6) is 5.75 Å². The minimum atomic E-state index is -4.53. The van der Waals surface area contributed by atoms with Crippen LogP contribution in [0.25, 0.3) is 11.1 Å². The first-order valence-corrected chi connectivity index (χ1v) is 7.62. The number of rotatable bonds is 3. The molecule has 0 spiro atoms. The van der Waals surface area contributed by atoms with Crippen LogP contribution in [0.2, 0.25) is 0 Å². The van der Waals surface area contributed by atoms with Crippen LogP contribution in [0.3, 0.4) is 0 Å². The van der Waals surface area contributed by atoms with Crippen LogP contribution in [0.1, 0.15) is 23.6 Å². The Bertz CT molecular complexity index is 793. The Kier molecular flexibility index (Phi) is 4.52. The van der Waals surface area contributed by atoms with Crippen molar-refractivity contribution in [2.75, 3.05) is 13.2 Å². The van der Waals surface area contributed by atoms with Gasteiger partial charge in [-0.2, -0.15) is 13.2 Å². The van der Waals surface area contributed by atoms with E-state index < -0.39 is 18.0 Å². The standard InChI is InChI=1S/C17H15F3N2O3/c18-17(19,20)14-8-10(4-6-21-14)12-2-1-3-13-11(9-22-16(23)24)5-7-25-15(12)13/h1-4,6,8,11,22H,5,7,9H2,(H,23,24). The van der Waals surface area contributed by atoms with Crippen LogP contribution in [-0.4, -0.2) is 29.3 Å². The summed E-state index contributed by atoms with van der Waals surface area (Å²) in [5.41, 5.74) is 0.696. The Morgan fingerprint density at radius 2 is 2.16 bits per heavy atom. The van der Waals surface area contributed by atoms with E-state index in [9.17, 15) is 18.0 Å². The van der Waals surface area contributed by atoms with Gasteiger partial charge in [-0.05, 0) is 29.7 Å². The molecular weight excluding hydrogens is 337 g/mol. The number of para-hydroxylation sites is 1. The third-order valence-corrected chi connectivity index (χ3v) is 4.06. The van der Waals surface area contributed by atoms with Crippen molar-refractivity contribution >= 4 is 6.09 Å². The van der Waals surface area contributed by atoms with Gasteiger partial charge in [0.2, 0.25) is 0 Å². The molecule has 0 saturated carbocycles. The molecule has 132 valence electrons.